The number of carbonyl (C=O) groups is 1. The summed E-state index contributed by atoms with van der Waals surface area (Å²) in [4.78, 5) is 14.0. The molecule has 19 heavy (non-hydrogen) atoms. The molecule has 0 atom stereocenters. The van der Waals surface area contributed by atoms with Crippen LogP contribution in [-0.4, -0.2) is 46.5 Å². The van der Waals surface area contributed by atoms with Gasteiger partial charge in [0.2, 0.25) is 0 Å². The van der Waals surface area contributed by atoms with Gasteiger partial charge in [-0.25, -0.2) is 0 Å². The Kier molecular flexibility index (Phi) is 4.63. The average Bonchev–Trinajstić information content (AvgIpc) is 2.98. The summed E-state index contributed by atoms with van der Waals surface area (Å²) < 4.78 is 5.04. The number of nitrogens with zero attached hydrogens (tertiary/aromatic N) is 3. The number of benzene rings is 1. The quantitative estimate of drug-likeness (QED) is 0.844. The van der Waals surface area contributed by atoms with Crippen molar-refractivity contribution in [2.45, 2.75) is 6.54 Å². The van der Waals surface area contributed by atoms with Crippen molar-refractivity contribution < 1.29 is 9.53 Å². The van der Waals surface area contributed by atoms with Crippen molar-refractivity contribution in [1.82, 2.24) is 20.3 Å². The van der Waals surface area contributed by atoms with E-state index in [4.69, 9.17) is 4.74 Å². The van der Waals surface area contributed by atoms with Crippen LogP contribution in [0.2, 0.25) is 0 Å². The number of rotatable bonds is 6. The van der Waals surface area contributed by atoms with Gasteiger partial charge in [0.15, 0.2) is 5.69 Å². The maximum atomic E-state index is 12.3. The molecule has 0 saturated carbocycles. The second-order valence-corrected chi connectivity index (χ2v) is 4.06. The van der Waals surface area contributed by atoms with Crippen LogP contribution in [0.5, 0.6) is 0 Å². The van der Waals surface area contributed by atoms with E-state index in [-0.39, 0.29) is 5.91 Å². The number of methoxy groups -OCH3 is 1. The number of carbonyl (C=O) groups excluding carboxylic acids is 1. The predicted molar refractivity (Wildman–Crippen MR) is 69.4 cm³/mol. The lowest BCUT2D eigenvalue weighted by molar-refractivity contribution is 0.0674. The van der Waals surface area contributed by atoms with Crippen molar-refractivity contribution in [1.29, 1.82) is 0 Å². The van der Waals surface area contributed by atoms with Crippen molar-refractivity contribution in [3.63, 3.8) is 0 Å². The van der Waals surface area contributed by atoms with Gasteiger partial charge < -0.3 is 9.64 Å². The Balaban J connectivity index is 2.09. The molecule has 0 aliphatic heterocycles. The molecule has 2 aromatic rings. The first-order valence-corrected chi connectivity index (χ1v) is 5.99. The number of hydrogen-bond acceptors (Lipinski definition) is 4. The first-order valence-electron chi connectivity index (χ1n) is 5.99. The van der Waals surface area contributed by atoms with Crippen LogP contribution < -0.4 is 0 Å². The fraction of sp³-hybridized carbons (Fsp3) is 0.308. The zero-order valence-electron chi connectivity index (χ0n) is 10.7. The number of aromatic amines is 1. The fourth-order valence-corrected chi connectivity index (χ4v) is 1.72. The van der Waals surface area contributed by atoms with Crippen molar-refractivity contribution in [3.8, 4) is 0 Å². The number of hydrogen-bond donors (Lipinski definition) is 1. The number of nitrogens with one attached hydrogen (secondary N) is 1. The molecule has 0 saturated heterocycles. The summed E-state index contributed by atoms with van der Waals surface area (Å²) in [5.74, 6) is -0.158. The number of ether oxygens (including phenoxy) is 1. The van der Waals surface area contributed by atoms with E-state index in [1.807, 2.05) is 30.3 Å². The highest BCUT2D eigenvalue weighted by Gasteiger charge is 2.18. The van der Waals surface area contributed by atoms with Crippen LogP contribution >= 0.6 is 0 Å². The number of H-pyrrole nitrogens is 1. The molecular weight excluding hydrogens is 244 g/mol. The van der Waals surface area contributed by atoms with Crippen molar-refractivity contribution in [2.75, 3.05) is 20.3 Å². The van der Waals surface area contributed by atoms with E-state index >= 15 is 0 Å². The third kappa shape index (κ3) is 3.62. The summed E-state index contributed by atoms with van der Waals surface area (Å²) in [6.45, 7) is 1.52. The van der Waals surface area contributed by atoms with Gasteiger partial charge in [0, 0.05) is 20.2 Å². The molecule has 0 unspecified atom stereocenters. The minimum Gasteiger partial charge on any atom is -0.383 e. The third-order valence-corrected chi connectivity index (χ3v) is 2.70. The van der Waals surface area contributed by atoms with Crippen LogP contribution in [0.1, 0.15) is 16.1 Å². The number of amides is 1. The minimum atomic E-state index is -0.158. The molecule has 1 N–H and O–H groups in total. The summed E-state index contributed by atoms with van der Waals surface area (Å²) in [5.41, 5.74) is 1.38. The second kappa shape index (κ2) is 6.65. The Morgan fingerprint density at radius 2 is 2.16 bits per heavy atom. The standard InChI is InChI=1S/C13H16N4O2/c1-19-8-7-17(10-11-5-3-2-4-6-11)13(18)12-9-14-16-15-12/h2-6,9H,7-8,10H2,1H3,(H,14,15,16). The highest BCUT2D eigenvalue weighted by molar-refractivity contribution is 5.91. The summed E-state index contributed by atoms with van der Waals surface area (Å²) in [6.07, 6.45) is 1.42. The molecule has 0 aliphatic carbocycles. The fourth-order valence-electron chi connectivity index (χ4n) is 1.72. The Labute approximate surface area is 111 Å². The first-order chi connectivity index (χ1) is 9.31. The Morgan fingerprint density at radius 3 is 2.79 bits per heavy atom. The van der Waals surface area contributed by atoms with Gasteiger partial charge in [-0.15, -0.1) is 0 Å². The molecule has 0 fully saturated rings. The van der Waals surface area contributed by atoms with E-state index in [1.165, 1.54) is 6.20 Å². The van der Waals surface area contributed by atoms with Gasteiger partial charge in [-0.2, -0.15) is 15.4 Å². The summed E-state index contributed by atoms with van der Waals surface area (Å²) in [5, 5.41) is 9.92. The van der Waals surface area contributed by atoms with E-state index in [2.05, 4.69) is 15.4 Å². The molecule has 0 spiro atoms. The molecule has 1 heterocycles. The molecule has 0 bridgehead atoms. The van der Waals surface area contributed by atoms with Crippen LogP contribution in [0.3, 0.4) is 0 Å². The average molecular weight is 260 g/mol. The van der Waals surface area contributed by atoms with E-state index < -0.39 is 0 Å². The SMILES string of the molecule is COCCN(Cc1ccccc1)C(=O)c1cn[nH]n1. The lowest BCUT2D eigenvalue weighted by Gasteiger charge is -2.21. The van der Waals surface area contributed by atoms with Gasteiger partial charge >= 0.3 is 0 Å². The minimum absolute atomic E-state index is 0.158. The number of aromatic nitrogens is 3. The van der Waals surface area contributed by atoms with Gasteiger partial charge in [0.1, 0.15) is 0 Å². The summed E-state index contributed by atoms with van der Waals surface area (Å²) in [7, 11) is 1.61. The largest absolute Gasteiger partial charge is 0.383 e. The lowest BCUT2D eigenvalue weighted by atomic mass is 10.2. The zero-order chi connectivity index (χ0) is 13.5. The summed E-state index contributed by atoms with van der Waals surface area (Å²) in [6, 6.07) is 9.81. The molecule has 2 rings (SSSR count). The predicted octanol–water partition coefficient (Wildman–Crippen LogP) is 1.09. The van der Waals surface area contributed by atoms with Gasteiger partial charge in [0.25, 0.3) is 5.91 Å². The molecule has 100 valence electrons. The molecule has 6 nitrogen and oxygen atoms in total. The molecule has 0 aliphatic rings. The molecule has 1 amide bonds. The monoisotopic (exact) mass is 260 g/mol. The maximum Gasteiger partial charge on any atom is 0.276 e. The van der Waals surface area contributed by atoms with Gasteiger partial charge in [-0.05, 0) is 5.56 Å². The van der Waals surface area contributed by atoms with Crippen LogP contribution in [0.4, 0.5) is 0 Å². The Bertz CT molecular complexity index is 499. The molecule has 0 radical (unpaired) electrons. The smallest absolute Gasteiger partial charge is 0.276 e. The Morgan fingerprint density at radius 1 is 1.37 bits per heavy atom. The van der Waals surface area contributed by atoms with Crippen LogP contribution in [0.15, 0.2) is 36.5 Å². The molecule has 1 aromatic heterocycles. The van der Waals surface area contributed by atoms with Crippen LogP contribution in [-0.2, 0) is 11.3 Å². The first kappa shape index (κ1) is 13.2. The van der Waals surface area contributed by atoms with Crippen molar-refractivity contribution in [2.24, 2.45) is 0 Å². The van der Waals surface area contributed by atoms with E-state index in [1.54, 1.807) is 12.0 Å². The normalized spacial score (nSPS) is 10.4. The summed E-state index contributed by atoms with van der Waals surface area (Å²) >= 11 is 0. The third-order valence-electron chi connectivity index (χ3n) is 2.70. The highest BCUT2D eigenvalue weighted by atomic mass is 16.5. The second-order valence-electron chi connectivity index (χ2n) is 4.06. The van der Waals surface area contributed by atoms with Gasteiger partial charge in [0.05, 0.1) is 12.8 Å². The van der Waals surface area contributed by atoms with Gasteiger partial charge in [-0.1, -0.05) is 30.3 Å². The van der Waals surface area contributed by atoms with Gasteiger partial charge in [-0.3, -0.25) is 4.79 Å². The Hall–Kier alpha value is -2.21. The van der Waals surface area contributed by atoms with Crippen LogP contribution in [0, 0.1) is 0 Å². The lowest BCUT2D eigenvalue weighted by Crippen LogP contribution is -2.33. The van der Waals surface area contributed by atoms with E-state index in [0.29, 0.717) is 25.4 Å². The van der Waals surface area contributed by atoms with Crippen LogP contribution in [0.25, 0.3) is 0 Å². The zero-order valence-corrected chi connectivity index (χ0v) is 10.7. The van der Waals surface area contributed by atoms with Crippen molar-refractivity contribution >= 4 is 5.91 Å². The topological polar surface area (TPSA) is 71.1 Å². The molecular formula is C13H16N4O2. The molecule has 1 aromatic carbocycles. The highest BCUT2D eigenvalue weighted by Crippen LogP contribution is 2.07. The maximum absolute atomic E-state index is 12.3. The van der Waals surface area contributed by atoms with Crippen molar-refractivity contribution in [3.05, 3.63) is 47.8 Å². The van der Waals surface area contributed by atoms with E-state index in [9.17, 15) is 4.79 Å². The van der Waals surface area contributed by atoms with E-state index in [0.717, 1.165) is 5.56 Å². The molecule has 6 heteroatoms.